The Balaban J connectivity index is 2.69. The number of nitrogens with two attached hydrogens (primary N) is 1. The van der Waals surface area contributed by atoms with Crippen molar-refractivity contribution < 1.29 is 17.6 Å². The zero-order valence-electron chi connectivity index (χ0n) is 8.44. The predicted molar refractivity (Wildman–Crippen MR) is 52.4 cm³/mol. The minimum atomic E-state index is -4.63. The number of halogens is 3. The van der Waals surface area contributed by atoms with Crippen LogP contribution in [0.3, 0.4) is 0 Å². The van der Waals surface area contributed by atoms with Crippen molar-refractivity contribution in [2.75, 3.05) is 6.54 Å². The highest BCUT2D eigenvalue weighted by Gasteiger charge is 2.42. The molecule has 0 bridgehead atoms. The zero-order valence-corrected chi connectivity index (χ0v) is 8.44. The summed E-state index contributed by atoms with van der Waals surface area (Å²) in [6.07, 6.45) is -3.36. The minimum Gasteiger partial charge on any atom is -0.406 e. The molecule has 0 aliphatic heterocycles. The number of fused-ring (bicyclic) bond motifs is 1. The molecule has 2 heterocycles. The molecular formula is C9H8F3N3O2. The van der Waals surface area contributed by atoms with Gasteiger partial charge in [0, 0.05) is 12.7 Å². The summed E-state index contributed by atoms with van der Waals surface area (Å²) in [5, 5.41) is 0. The van der Waals surface area contributed by atoms with Crippen LogP contribution >= 0.6 is 0 Å². The maximum Gasteiger partial charge on any atom is 0.421 e. The van der Waals surface area contributed by atoms with Crippen molar-refractivity contribution in [2.45, 2.75) is 12.2 Å². The van der Waals surface area contributed by atoms with Crippen molar-refractivity contribution in [3.05, 3.63) is 28.9 Å². The SMILES string of the molecule is NCC(n1c(=O)oc2cccnc21)C(F)(F)F. The van der Waals surface area contributed by atoms with E-state index in [1.54, 1.807) is 0 Å². The third-order valence-electron chi connectivity index (χ3n) is 2.29. The molecule has 2 aromatic heterocycles. The van der Waals surface area contributed by atoms with E-state index >= 15 is 0 Å². The van der Waals surface area contributed by atoms with Gasteiger partial charge >= 0.3 is 11.9 Å². The fraction of sp³-hybridized carbons (Fsp3) is 0.333. The van der Waals surface area contributed by atoms with Gasteiger partial charge in [-0.15, -0.1) is 0 Å². The third kappa shape index (κ3) is 1.91. The summed E-state index contributed by atoms with van der Waals surface area (Å²) in [5.74, 6) is -1.12. The first-order valence-electron chi connectivity index (χ1n) is 4.68. The van der Waals surface area contributed by atoms with Crippen LogP contribution in [0.1, 0.15) is 6.04 Å². The number of alkyl halides is 3. The lowest BCUT2D eigenvalue weighted by molar-refractivity contribution is -0.165. The first-order chi connectivity index (χ1) is 7.95. The number of pyridine rings is 1. The zero-order chi connectivity index (χ0) is 12.6. The summed E-state index contributed by atoms with van der Waals surface area (Å²) in [5.41, 5.74) is 4.90. The van der Waals surface area contributed by atoms with Gasteiger partial charge in [-0.05, 0) is 12.1 Å². The quantitative estimate of drug-likeness (QED) is 0.860. The average Bonchev–Trinajstić information content (AvgIpc) is 2.55. The number of oxazole rings is 1. The van der Waals surface area contributed by atoms with Gasteiger partial charge in [-0.1, -0.05) is 0 Å². The van der Waals surface area contributed by atoms with Gasteiger partial charge in [-0.25, -0.2) is 14.3 Å². The molecule has 2 rings (SSSR count). The van der Waals surface area contributed by atoms with E-state index in [0.717, 1.165) is 0 Å². The van der Waals surface area contributed by atoms with Crippen LogP contribution in [0.15, 0.2) is 27.5 Å². The number of hydrogen-bond donors (Lipinski definition) is 1. The summed E-state index contributed by atoms with van der Waals surface area (Å²) in [4.78, 5) is 15.1. The first kappa shape index (κ1) is 11.6. The molecule has 2 N–H and O–H groups in total. The summed E-state index contributed by atoms with van der Waals surface area (Å²) in [6, 6.07) is 0.691. The van der Waals surface area contributed by atoms with Crippen LogP contribution in [0, 0.1) is 0 Å². The molecule has 8 heteroatoms. The molecule has 1 atom stereocenters. The topological polar surface area (TPSA) is 74.0 Å². The Bertz CT molecular complexity index is 587. The molecule has 0 aliphatic carbocycles. The molecule has 92 valence electrons. The normalized spacial score (nSPS) is 14.1. The van der Waals surface area contributed by atoms with Crippen LogP contribution in [-0.4, -0.2) is 22.3 Å². The average molecular weight is 247 g/mol. The van der Waals surface area contributed by atoms with Crippen molar-refractivity contribution in [3.8, 4) is 0 Å². The molecule has 0 radical (unpaired) electrons. The van der Waals surface area contributed by atoms with Gasteiger partial charge < -0.3 is 10.2 Å². The Morgan fingerprint density at radius 2 is 2.24 bits per heavy atom. The van der Waals surface area contributed by atoms with Gasteiger partial charge in [-0.3, -0.25) is 0 Å². The number of aromatic nitrogens is 2. The first-order valence-corrected chi connectivity index (χ1v) is 4.68. The van der Waals surface area contributed by atoms with Crippen LogP contribution in [0.2, 0.25) is 0 Å². The Morgan fingerprint density at radius 3 is 2.82 bits per heavy atom. The van der Waals surface area contributed by atoms with Gasteiger partial charge in [0.25, 0.3) is 0 Å². The molecule has 5 nitrogen and oxygen atoms in total. The second-order valence-corrected chi connectivity index (χ2v) is 3.36. The molecule has 0 saturated heterocycles. The van der Waals surface area contributed by atoms with Crippen LogP contribution in [0.4, 0.5) is 13.2 Å². The highest BCUT2D eigenvalue weighted by molar-refractivity contribution is 5.67. The molecule has 1 unspecified atom stereocenters. The predicted octanol–water partition coefficient (Wildman–Crippen LogP) is 1.05. The molecule has 0 amide bonds. The second-order valence-electron chi connectivity index (χ2n) is 3.36. The van der Waals surface area contributed by atoms with Gasteiger partial charge in [0.2, 0.25) is 0 Å². The van der Waals surface area contributed by atoms with Gasteiger partial charge in [-0.2, -0.15) is 13.2 Å². The van der Waals surface area contributed by atoms with Crippen molar-refractivity contribution in [1.82, 2.24) is 9.55 Å². The molecule has 0 fully saturated rings. The Hall–Kier alpha value is -1.83. The monoisotopic (exact) mass is 247 g/mol. The molecular weight excluding hydrogens is 239 g/mol. The fourth-order valence-electron chi connectivity index (χ4n) is 1.53. The summed E-state index contributed by atoms with van der Waals surface area (Å²) in [6.45, 7) is -0.755. The van der Waals surface area contributed by atoms with Crippen LogP contribution in [0.5, 0.6) is 0 Å². The number of rotatable bonds is 2. The summed E-state index contributed by atoms with van der Waals surface area (Å²) < 4.78 is 43.1. The van der Waals surface area contributed by atoms with Crippen LogP contribution in [0.25, 0.3) is 11.2 Å². The lowest BCUT2D eigenvalue weighted by atomic mass is 10.3. The molecule has 0 aromatic carbocycles. The molecule has 0 aliphatic rings. The van der Waals surface area contributed by atoms with Gasteiger partial charge in [0.1, 0.15) is 6.04 Å². The molecule has 0 saturated carbocycles. The largest absolute Gasteiger partial charge is 0.421 e. The van der Waals surface area contributed by atoms with Crippen molar-refractivity contribution in [2.24, 2.45) is 5.73 Å². The van der Waals surface area contributed by atoms with Gasteiger partial charge in [0.15, 0.2) is 11.2 Å². The summed E-state index contributed by atoms with van der Waals surface area (Å²) >= 11 is 0. The highest BCUT2D eigenvalue weighted by Crippen LogP contribution is 2.30. The third-order valence-corrected chi connectivity index (χ3v) is 2.29. The number of nitrogens with zero attached hydrogens (tertiary/aromatic N) is 2. The Labute approximate surface area is 92.6 Å². The van der Waals surface area contributed by atoms with Crippen molar-refractivity contribution >= 4 is 11.2 Å². The fourth-order valence-corrected chi connectivity index (χ4v) is 1.53. The van der Waals surface area contributed by atoms with Crippen LogP contribution < -0.4 is 11.5 Å². The smallest absolute Gasteiger partial charge is 0.406 e. The molecule has 17 heavy (non-hydrogen) atoms. The van der Waals surface area contributed by atoms with E-state index in [2.05, 4.69) is 9.40 Å². The minimum absolute atomic E-state index is 0.000185. The van der Waals surface area contributed by atoms with E-state index in [0.29, 0.717) is 4.57 Å². The lowest BCUT2D eigenvalue weighted by Crippen LogP contribution is -2.37. The maximum atomic E-state index is 12.7. The Morgan fingerprint density at radius 1 is 1.53 bits per heavy atom. The standard InChI is InChI=1S/C9H8F3N3O2/c10-9(11,12)6(4-13)15-7-5(17-8(15)16)2-1-3-14-7/h1-3,6H,4,13H2. The van der Waals surface area contributed by atoms with Crippen molar-refractivity contribution in [3.63, 3.8) is 0 Å². The van der Waals surface area contributed by atoms with E-state index in [1.165, 1.54) is 18.3 Å². The van der Waals surface area contributed by atoms with E-state index in [1.807, 2.05) is 0 Å². The number of hydrogen-bond acceptors (Lipinski definition) is 4. The van der Waals surface area contributed by atoms with Gasteiger partial charge in [0.05, 0.1) is 0 Å². The molecule has 0 spiro atoms. The van der Waals surface area contributed by atoms with Crippen LogP contribution in [-0.2, 0) is 0 Å². The highest BCUT2D eigenvalue weighted by atomic mass is 19.4. The lowest BCUT2D eigenvalue weighted by Gasteiger charge is -2.18. The summed E-state index contributed by atoms with van der Waals surface area (Å²) in [7, 11) is 0. The van der Waals surface area contributed by atoms with Crippen molar-refractivity contribution in [1.29, 1.82) is 0 Å². The molecule has 2 aromatic rings. The maximum absolute atomic E-state index is 12.7. The van der Waals surface area contributed by atoms with E-state index < -0.39 is 24.5 Å². The van der Waals surface area contributed by atoms with E-state index in [-0.39, 0.29) is 11.2 Å². The Kier molecular flexibility index (Phi) is 2.66. The second kappa shape index (κ2) is 3.88. The van der Waals surface area contributed by atoms with E-state index in [9.17, 15) is 18.0 Å². The van der Waals surface area contributed by atoms with E-state index in [4.69, 9.17) is 5.73 Å².